The molecule has 2 rings (SSSR count). The van der Waals surface area contributed by atoms with Gasteiger partial charge in [-0.15, -0.1) is 0 Å². The van der Waals surface area contributed by atoms with E-state index in [1.54, 1.807) is 19.9 Å². The van der Waals surface area contributed by atoms with Gasteiger partial charge in [0.05, 0.1) is 5.69 Å². The third kappa shape index (κ3) is 6.99. The van der Waals surface area contributed by atoms with Crippen LogP contribution < -0.4 is 9.62 Å². The monoisotopic (exact) mass is 542 g/mol. The molecule has 180 valence electrons. The van der Waals surface area contributed by atoms with E-state index in [4.69, 9.17) is 0 Å². The van der Waals surface area contributed by atoms with Gasteiger partial charge >= 0.3 is 10.2 Å². The highest BCUT2D eigenvalue weighted by Gasteiger charge is 2.32. The van der Waals surface area contributed by atoms with Crippen LogP contribution in [-0.2, 0) is 26.3 Å². The molecule has 1 N–H and O–H groups in total. The highest BCUT2D eigenvalue weighted by Crippen LogP contribution is 2.22. The first kappa shape index (κ1) is 26.7. The van der Waals surface area contributed by atoms with E-state index in [2.05, 4.69) is 21.2 Å². The fourth-order valence-electron chi connectivity index (χ4n) is 3.06. The van der Waals surface area contributed by atoms with E-state index in [0.29, 0.717) is 6.54 Å². The van der Waals surface area contributed by atoms with Gasteiger partial charge in [0.1, 0.15) is 18.4 Å². The number of nitrogens with zero attached hydrogens (tertiary/aromatic N) is 3. The minimum absolute atomic E-state index is 0.0931. The van der Waals surface area contributed by atoms with Gasteiger partial charge in [0.25, 0.3) is 0 Å². The van der Waals surface area contributed by atoms with Crippen LogP contribution >= 0.6 is 15.9 Å². The van der Waals surface area contributed by atoms with Crippen LogP contribution in [0.3, 0.4) is 0 Å². The second kappa shape index (κ2) is 11.6. The van der Waals surface area contributed by atoms with Crippen molar-refractivity contribution in [3.05, 3.63) is 64.4 Å². The van der Waals surface area contributed by atoms with Crippen molar-refractivity contribution in [3.63, 3.8) is 0 Å². The van der Waals surface area contributed by atoms with Crippen LogP contribution in [0.2, 0.25) is 0 Å². The number of carbonyl (C=O) groups excluding carboxylic acids is 2. The molecule has 0 spiro atoms. The molecule has 2 aromatic rings. The van der Waals surface area contributed by atoms with Crippen molar-refractivity contribution in [3.8, 4) is 0 Å². The molecular weight excluding hydrogens is 515 g/mol. The SMILES string of the molecule is CCNC(=O)[C@@H](C)N(Cc1cccc(Br)c1)C(=O)CN(c1ccc(F)cc1)S(=O)(=O)N(C)C. The minimum Gasteiger partial charge on any atom is -0.355 e. The number of amides is 2. The maximum absolute atomic E-state index is 13.4. The Kier molecular flexibility index (Phi) is 9.38. The summed E-state index contributed by atoms with van der Waals surface area (Å²) in [5, 5.41) is 2.69. The zero-order chi connectivity index (χ0) is 24.8. The van der Waals surface area contributed by atoms with Gasteiger partial charge in [-0.1, -0.05) is 28.1 Å². The topological polar surface area (TPSA) is 90.0 Å². The van der Waals surface area contributed by atoms with Crippen molar-refractivity contribution in [2.45, 2.75) is 26.4 Å². The first-order valence-electron chi connectivity index (χ1n) is 10.2. The van der Waals surface area contributed by atoms with Crippen LogP contribution in [0.5, 0.6) is 0 Å². The van der Waals surface area contributed by atoms with Crippen LogP contribution in [-0.4, -0.2) is 62.7 Å². The van der Waals surface area contributed by atoms with E-state index in [9.17, 15) is 22.4 Å². The number of carbonyl (C=O) groups is 2. The van der Waals surface area contributed by atoms with Crippen LogP contribution in [0.1, 0.15) is 19.4 Å². The van der Waals surface area contributed by atoms with Gasteiger partial charge in [-0.05, 0) is 55.8 Å². The molecule has 0 aromatic heterocycles. The van der Waals surface area contributed by atoms with Gasteiger partial charge in [0.15, 0.2) is 0 Å². The molecule has 0 heterocycles. The highest BCUT2D eigenvalue weighted by molar-refractivity contribution is 9.10. The predicted octanol–water partition coefficient (Wildman–Crippen LogP) is 2.75. The summed E-state index contributed by atoms with van der Waals surface area (Å²) in [6.45, 7) is 3.27. The molecule has 2 amide bonds. The van der Waals surface area contributed by atoms with Crippen LogP contribution in [0, 0.1) is 5.82 Å². The van der Waals surface area contributed by atoms with Crippen molar-refractivity contribution >= 4 is 43.6 Å². The second-order valence-electron chi connectivity index (χ2n) is 7.50. The summed E-state index contributed by atoms with van der Waals surface area (Å²) in [6.07, 6.45) is 0. The Hall–Kier alpha value is -2.50. The molecule has 0 unspecified atom stereocenters. The molecule has 0 aliphatic heterocycles. The fourth-order valence-corrected chi connectivity index (χ4v) is 4.56. The predicted molar refractivity (Wildman–Crippen MR) is 129 cm³/mol. The van der Waals surface area contributed by atoms with E-state index in [-0.39, 0.29) is 18.1 Å². The molecule has 33 heavy (non-hydrogen) atoms. The van der Waals surface area contributed by atoms with Crippen molar-refractivity contribution in [2.24, 2.45) is 0 Å². The molecule has 0 saturated carbocycles. The zero-order valence-corrected chi connectivity index (χ0v) is 21.4. The van der Waals surface area contributed by atoms with E-state index in [0.717, 1.165) is 30.8 Å². The van der Waals surface area contributed by atoms with Crippen molar-refractivity contribution in [2.75, 3.05) is 31.5 Å². The quantitative estimate of drug-likeness (QED) is 0.499. The zero-order valence-electron chi connectivity index (χ0n) is 19.0. The molecule has 0 saturated heterocycles. The van der Waals surface area contributed by atoms with Gasteiger partial charge in [0.2, 0.25) is 11.8 Å². The Labute approximate surface area is 202 Å². The van der Waals surface area contributed by atoms with Crippen molar-refractivity contribution in [1.29, 1.82) is 0 Å². The number of rotatable bonds is 10. The normalized spacial score (nSPS) is 12.3. The average Bonchev–Trinajstić information content (AvgIpc) is 2.76. The third-order valence-corrected chi connectivity index (χ3v) is 7.21. The molecular formula is C22H28BrFN4O4S. The largest absolute Gasteiger partial charge is 0.355 e. The summed E-state index contributed by atoms with van der Waals surface area (Å²) in [6, 6.07) is 11.2. The highest BCUT2D eigenvalue weighted by atomic mass is 79.9. The minimum atomic E-state index is -4.08. The molecule has 8 nitrogen and oxygen atoms in total. The molecule has 1 atom stereocenters. The summed E-state index contributed by atoms with van der Waals surface area (Å²) >= 11 is 3.39. The average molecular weight is 543 g/mol. The molecule has 0 aliphatic carbocycles. The fraction of sp³-hybridized carbons (Fsp3) is 0.364. The van der Waals surface area contributed by atoms with E-state index in [1.807, 2.05) is 18.2 Å². The lowest BCUT2D eigenvalue weighted by atomic mass is 10.1. The standard InChI is InChI=1S/C22H28BrFN4O4S/c1-5-25-22(30)16(2)27(14-17-7-6-8-18(23)13-17)21(29)15-28(33(31,32)26(3)4)20-11-9-19(24)10-12-20/h6-13,16H,5,14-15H2,1-4H3,(H,25,30)/t16-/m1/s1. The van der Waals surface area contributed by atoms with E-state index < -0.39 is 34.5 Å². The van der Waals surface area contributed by atoms with E-state index in [1.165, 1.54) is 31.1 Å². The van der Waals surface area contributed by atoms with Gasteiger partial charge in [-0.25, -0.2) is 8.70 Å². The van der Waals surface area contributed by atoms with Crippen molar-refractivity contribution in [1.82, 2.24) is 14.5 Å². The Morgan fingerprint density at radius 1 is 1.12 bits per heavy atom. The van der Waals surface area contributed by atoms with Gasteiger partial charge < -0.3 is 10.2 Å². The second-order valence-corrected chi connectivity index (χ2v) is 10.5. The summed E-state index contributed by atoms with van der Waals surface area (Å²) in [5.74, 6) is -1.47. The summed E-state index contributed by atoms with van der Waals surface area (Å²) in [5.41, 5.74) is 0.893. The Morgan fingerprint density at radius 2 is 1.76 bits per heavy atom. The maximum atomic E-state index is 13.4. The Morgan fingerprint density at radius 3 is 2.30 bits per heavy atom. The van der Waals surface area contributed by atoms with Crippen LogP contribution in [0.15, 0.2) is 53.0 Å². The lowest BCUT2D eigenvalue weighted by Crippen LogP contribution is -2.52. The number of nitrogens with one attached hydrogen (secondary N) is 1. The molecule has 0 bridgehead atoms. The van der Waals surface area contributed by atoms with Crippen molar-refractivity contribution < 1.29 is 22.4 Å². The lowest BCUT2D eigenvalue weighted by Gasteiger charge is -2.32. The number of halogens is 2. The summed E-state index contributed by atoms with van der Waals surface area (Å²) < 4.78 is 42.1. The molecule has 0 fully saturated rings. The maximum Gasteiger partial charge on any atom is 0.304 e. The first-order chi connectivity index (χ1) is 15.5. The van der Waals surface area contributed by atoms with Crippen LogP contribution in [0.4, 0.5) is 10.1 Å². The van der Waals surface area contributed by atoms with E-state index >= 15 is 0 Å². The Balaban J connectivity index is 2.44. The third-order valence-electron chi connectivity index (χ3n) is 4.89. The molecule has 2 aromatic carbocycles. The van der Waals surface area contributed by atoms with Gasteiger partial charge in [0, 0.05) is 31.7 Å². The van der Waals surface area contributed by atoms with Gasteiger partial charge in [-0.3, -0.25) is 9.59 Å². The number of anilines is 1. The lowest BCUT2D eigenvalue weighted by molar-refractivity contribution is -0.139. The number of benzene rings is 2. The summed E-state index contributed by atoms with van der Waals surface area (Å²) in [4.78, 5) is 27.3. The molecule has 0 radical (unpaired) electrons. The Bertz CT molecular complexity index is 1080. The van der Waals surface area contributed by atoms with Gasteiger partial charge in [-0.2, -0.15) is 12.7 Å². The molecule has 0 aliphatic rings. The number of hydrogen-bond donors (Lipinski definition) is 1. The number of hydrogen-bond acceptors (Lipinski definition) is 4. The number of likely N-dealkylation sites (N-methyl/N-ethyl adjacent to an activating group) is 1. The smallest absolute Gasteiger partial charge is 0.304 e. The first-order valence-corrected chi connectivity index (χ1v) is 12.4. The van der Waals surface area contributed by atoms with Crippen LogP contribution in [0.25, 0.3) is 0 Å². The molecule has 11 heteroatoms. The summed E-state index contributed by atoms with van der Waals surface area (Å²) in [7, 11) is -1.40.